The lowest BCUT2D eigenvalue weighted by Crippen LogP contribution is -2.22. The van der Waals surface area contributed by atoms with Gasteiger partial charge in [0.25, 0.3) is 5.69 Å². The van der Waals surface area contributed by atoms with Crippen LogP contribution in [0.2, 0.25) is 10.0 Å². The van der Waals surface area contributed by atoms with Crippen LogP contribution in [0.1, 0.15) is 35.6 Å². The van der Waals surface area contributed by atoms with Crippen LogP contribution < -0.4 is 5.73 Å². The van der Waals surface area contributed by atoms with E-state index >= 15 is 0 Å². The minimum atomic E-state index is -1.20. The molecule has 2 rings (SSSR count). The Balaban J connectivity index is 2.45. The molecule has 0 saturated heterocycles. The maximum atomic E-state index is 11.3. The monoisotopic (exact) mass is 412 g/mol. The van der Waals surface area contributed by atoms with E-state index in [0.29, 0.717) is 28.1 Å². The van der Waals surface area contributed by atoms with Crippen molar-refractivity contribution in [3.8, 4) is 0 Å². The Labute approximate surface area is 165 Å². The molecular formula is C18H18Cl2N2O5. The Bertz CT molecular complexity index is 860. The number of primary amides is 1. The third-order valence-corrected chi connectivity index (χ3v) is 4.93. The van der Waals surface area contributed by atoms with Crippen LogP contribution >= 0.6 is 23.2 Å². The highest BCUT2D eigenvalue weighted by molar-refractivity contribution is 6.42. The molecule has 0 radical (unpaired) electrons. The van der Waals surface area contributed by atoms with Gasteiger partial charge in [-0.15, -0.1) is 0 Å². The van der Waals surface area contributed by atoms with Gasteiger partial charge in [-0.2, -0.15) is 0 Å². The molecule has 9 heteroatoms. The summed E-state index contributed by atoms with van der Waals surface area (Å²) < 4.78 is 4.86. The van der Waals surface area contributed by atoms with Crippen LogP contribution in [0, 0.1) is 10.1 Å². The fourth-order valence-corrected chi connectivity index (χ4v) is 3.06. The van der Waals surface area contributed by atoms with Crippen molar-refractivity contribution < 1.29 is 19.6 Å². The number of halogens is 2. The lowest BCUT2D eigenvalue weighted by molar-refractivity contribution is -0.385. The molecule has 2 aromatic carbocycles. The number of benzene rings is 2. The van der Waals surface area contributed by atoms with Gasteiger partial charge in [-0.1, -0.05) is 48.3 Å². The minimum Gasteiger partial charge on any atom is -0.449 e. The zero-order valence-electron chi connectivity index (χ0n) is 14.4. The summed E-state index contributed by atoms with van der Waals surface area (Å²) in [6.45, 7) is 1.56. The van der Waals surface area contributed by atoms with Crippen LogP contribution in [0.15, 0.2) is 36.4 Å². The molecule has 3 N–H and O–H groups in total. The van der Waals surface area contributed by atoms with Crippen LogP contribution in [0.4, 0.5) is 10.5 Å². The smallest absolute Gasteiger partial charge is 0.404 e. The number of carbonyl (C=O) groups is 1. The van der Waals surface area contributed by atoms with Crippen molar-refractivity contribution >= 4 is 35.0 Å². The van der Waals surface area contributed by atoms with E-state index in [4.69, 9.17) is 33.7 Å². The lowest BCUT2D eigenvalue weighted by atomic mass is 9.89. The summed E-state index contributed by atoms with van der Waals surface area (Å²) in [6.07, 6.45) is -1.72. The second kappa shape index (κ2) is 9.03. The maximum Gasteiger partial charge on any atom is 0.404 e. The predicted molar refractivity (Wildman–Crippen MR) is 102 cm³/mol. The van der Waals surface area contributed by atoms with Gasteiger partial charge in [-0.25, -0.2) is 4.79 Å². The van der Waals surface area contributed by atoms with Crippen LogP contribution in [0.3, 0.4) is 0 Å². The van der Waals surface area contributed by atoms with Crippen LogP contribution in [0.25, 0.3) is 0 Å². The van der Waals surface area contributed by atoms with Crippen molar-refractivity contribution in [3.63, 3.8) is 0 Å². The summed E-state index contributed by atoms with van der Waals surface area (Å²) in [5.74, 6) is -0.751. The highest BCUT2D eigenvalue weighted by Gasteiger charge is 2.27. The van der Waals surface area contributed by atoms with Gasteiger partial charge >= 0.3 is 6.09 Å². The van der Waals surface area contributed by atoms with Gasteiger partial charge in [0.1, 0.15) is 6.61 Å². The number of hydrogen-bond acceptors (Lipinski definition) is 5. The number of hydrogen-bond donors (Lipinski definition) is 2. The Kier molecular flexibility index (Phi) is 7.01. The lowest BCUT2D eigenvalue weighted by Gasteiger charge is -2.24. The van der Waals surface area contributed by atoms with E-state index in [1.807, 2.05) is 0 Å². The highest BCUT2D eigenvalue weighted by atomic mass is 35.5. The highest BCUT2D eigenvalue weighted by Crippen LogP contribution is 2.36. The van der Waals surface area contributed by atoms with Gasteiger partial charge < -0.3 is 15.6 Å². The Morgan fingerprint density at radius 2 is 1.89 bits per heavy atom. The van der Waals surface area contributed by atoms with E-state index in [9.17, 15) is 20.0 Å². The Hall–Kier alpha value is -2.35. The number of amides is 1. The molecular weight excluding hydrogens is 395 g/mol. The predicted octanol–water partition coefficient (Wildman–Crippen LogP) is 4.38. The number of aliphatic hydroxyl groups excluding tert-OH is 1. The number of rotatable bonds is 7. The normalized spacial score (nSPS) is 13.0. The molecule has 2 aromatic rings. The number of aryl methyl sites for hydroxylation is 1. The topological polar surface area (TPSA) is 116 Å². The molecule has 0 aromatic heterocycles. The first-order valence-electron chi connectivity index (χ1n) is 8.07. The average molecular weight is 413 g/mol. The van der Waals surface area contributed by atoms with Gasteiger partial charge in [0.2, 0.25) is 0 Å². The number of nitrogens with zero attached hydrogens (tertiary/aromatic N) is 1. The zero-order chi connectivity index (χ0) is 20.1. The maximum absolute atomic E-state index is 11.3. The number of carbonyl (C=O) groups excluding carboxylic acids is 1. The summed E-state index contributed by atoms with van der Waals surface area (Å²) in [6, 6.07) is 9.23. The molecule has 0 spiro atoms. The number of nitro groups is 1. The summed E-state index contributed by atoms with van der Waals surface area (Å²) >= 11 is 12.0. The summed E-state index contributed by atoms with van der Waals surface area (Å²) in [7, 11) is 0. The first-order valence-corrected chi connectivity index (χ1v) is 8.82. The molecule has 0 aliphatic heterocycles. The SMILES string of the molecule is CCc1ccc(C(O)C(COC(N)=O)c2ccc(Cl)c(Cl)c2)cc1[N+](=O)[O-]. The second-order valence-electron chi connectivity index (χ2n) is 5.85. The molecule has 2 atom stereocenters. The summed E-state index contributed by atoms with van der Waals surface area (Å²) in [5, 5.41) is 22.7. The molecule has 0 heterocycles. The van der Waals surface area contributed by atoms with Crippen molar-refractivity contribution in [1.82, 2.24) is 0 Å². The third kappa shape index (κ3) is 5.09. The van der Waals surface area contributed by atoms with E-state index in [2.05, 4.69) is 0 Å². The molecule has 0 aliphatic rings. The van der Waals surface area contributed by atoms with Crippen molar-refractivity contribution in [2.24, 2.45) is 5.73 Å². The van der Waals surface area contributed by atoms with Crippen LogP contribution in [-0.2, 0) is 11.2 Å². The van der Waals surface area contributed by atoms with E-state index in [-0.39, 0.29) is 17.3 Å². The van der Waals surface area contributed by atoms with E-state index in [0.717, 1.165) is 0 Å². The molecule has 1 amide bonds. The van der Waals surface area contributed by atoms with Crippen molar-refractivity contribution in [1.29, 1.82) is 0 Å². The molecule has 0 saturated carbocycles. The Morgan fingerprint density at radius 3 is 2.44 bits per heavy atom. The van der Waals surface area contributed by atoms with Crippen molar-refractivity contribution in [3.05, 3.63) is 73.2 Å². The van der Waals surface area contributed by atoms with E-state index < -0.39 is 23.0 Å². The molecule has 0 bridgehead atoms. The number of aliphatic hydroxyl groups is 1. The minimum absolute atomic E-state index is 0.0854. The van der Waals surface area contributed by atoms with E-state index in [1.165, 1.54) is 12.1 Å². The molecule has 27 heavy (non-hydrogen) atoms. The summed E-state index contributed by atoms with van der Waals surface area (Å²) in [4.78, 5) is 21.8. The molecule has 7 nitrogen and oxygen atoms in total. The van der Waals surface area contributed by atoms with Crippen molar-refractivity contribution in [2.75, 3.05) is 6.61 Å². The Morgan fingerprint density at radius 1 is 1.22 bits per heavy atom. The van der Waals surface area contributed by atoms with Gasteiger partial charge in [0.15, 0.2) is 0 Å². The van der Waals surface area contributed by atoms with Gasteiger partial charge in [-0.3, -0.25) is 10.1 Å². The zero-order valence-corrected chi connectivity index (χ0v) is 15.9. The van der Waals surface area contributed by atoms with Crippen LogP contribution in [0.5, 0.6) is 0 Å². The number of nitro benzene ring substituents is 1. The summed E-state index contributed by atoms with van der Waals surface area (Å²) in [5.41, 5.74) is 6.35. The van der Waals surface area contributed by atoms with Crippen molar-refractivity contribution in [2.45, 2.75) is 25.4 Å². The van der Waals surface area contributed by atoms with Gasteiger partial charge in [0.05, 0.1) is 21.1 Å². The third-order valence-electron chi connectivity index (χ3n) is 4.19. The average Bonchev–Trinajstić information content (AvgIpc) is 2.63. The second-order valence-corrected chi connectivity index (χ2v) is 6.67. The van der Waals surface area contributed by atoms with Gasteiger partial charge in [-0.05, 0) is 29.7 Å². The standard InChI is InChI=1S/C18H18Cl2N2O5/c1-2-10-3-4-12(8-16(10)22(25)26)17(23)13(9-27-18(21)24)11-5-6-14(19)15(20)7-11/h3-8,13,17,23H,2,9H2,1H3,(H2,21,24). The van der Waals surface area contributed by atoms with Crippen LogP contribution in [-0.4, -0.2) is 22.7 Å². The van der Waals surface area contributed by atoms with Gasteiger partial charge in [0, 0.05) is 17.5 Å². The fraction of sp³-hybridized carbons (Fsp3) is 0.278. The molecule has 0 aliphatic carbocycles. The molecule has 0 fully saturated rings. The largest absolute Gasteiger partial charge is 0.449 e. The molecule has 144 valence electrons. The molecule has 2 unspecified atom stereocenters. The quantitative estimate of drug-likeness (QED) is 0.516. The number of nitrogens with two attached hydrogens (primary N) is 1. The first kappa shape index (κ1) is 21.0. The van der Waals surface area contributed by atoms with E-state index in [1.54, 1.807) is 31.2 Å². The number of ether oxygens (including phenoxy) is 1. The first-order chi connectivity index (χ1) is 12.7. The fourth-order valence-electron chi connectivity index (χ4n) is 2.75.